The minimum atomic E-state index is -0.715. The molecule has 3 N–H and O–H groups in total. The molecule has 0 aliphatic carbocycles. The summed E-state index contributed by atoms with van der Waals surface area (Å²) < 4.78 is 37.4. The van der Waals surface area contributed by atoms with E-state index in [-0.39, 0.29) is 16.2 Å². The number of nitrogens with one attached hydrogen (secondary N) is 1. The molecule has 0 amide bonds. The monoisotopic (exact) mass is 304 g/mol. The Hall–Kier alpha value is -1.31. The quantitative estimate of drug-likeness (QED) is 0.540. The zero-order valence-corrected chi connectivity index (χ0v) is 12.1. The molecule has 0 unspecified atom stereocenters. The van der Waals surface area contributed by atoms with Crippen LogP contribution < -0.4 is 11.1 Å². The van der Waals surface area contributed by atoms with E-state index >= 15 is 0 Å². The van der Waals surface area contributed by atoms with Crippen molar-refractivity contribution in [2.45, 2.75) is 6.42 Å². The van der Waals surface area contributed by atoms with Crippen molar-refractivity contribution in [2.75, 3.05) is 38.8 Å². The predicted molar refractivity (Wildman–Crippen MR) is 78.0 cm³/mol. The van der Waals surface area contributed by atoms with Crippen LogP contribution >= 0.6 is 12.2 Å². The van der Waals surface area contributed by atoms with Gasteiger partial charge in [0.1, 0.15) is 22.3 Å². The number of methoxy groups -OCH3 is 1. The fourth-order valence-electron chi connectivity index (χ4n) is 1.52. The second-order valence-corrected chi connectivity index (χ2v) is 4.50. The number of benzene rings is 1. The molecular weight excluding hydrogens is 286 g/mol. The first-order chi connectivity index (χ1) is 9.56. The molecule has 0 bridgehead atoms. The predicted octanol–water partition coefficient (Wildman–Crippen LogP) is 2.06. The van der Waals surface area contributed by atoms with Crippen molar-refractivity contribution in [3.05, 3.63) is 29.3 Å². The lowest BCUT2D eigenvalue weighted by molar-refractivity contribution is 0.0705. The van der Waals surface area contributed by atoms with Gasteiger partial charge in [-0.2, -0.15) is 0 Å². The van der Waals surface area contributed by atoms with Gasteiger partial charge in [0, 0.05) is 25.8 Å². The number of nitrogens with two attached hydrogens (primary N) is 1. The molecule has 0 spiro atoms. The van der Waals surface area contributed by atoms with Crippen LogP contribution in [0.4, 0.5) is 14.5 Å². The van der Waals surface area contributed by atoms with Crippen molar-refractivity contribution < 1.29 is 18.3 Å². The summed E-state index contributed by atoms with van der Waals surface area (Å²) in [5, 5.41) is 2.69. The first-order valence-corrected chi connectivity index (χ1v) is 6.56. The molecule has 20 heavy (non-hydrogen) atoms. The molecule has 0 aliphatic heterocycles. The molecule has 1 rings (SSSR count). The minimum Gasteiger partial charge on any atom is -0.389 e. The van der Waals surface area contributed by atoms with Crippen LogP contribution in [0.2, 0.25) is 0 Å². The maximum absolute atomic E-state index is 13.7. The second kappa shape index (κ2) is 8.78. The number of ether oxygens (including phenoxy) is 2. The smallest absolute Gasteiger partial charge is 0.150 e. The van der Waals surface area contributed by atoms with Crippen LogP contribution in [0.25, 0.3) is 0 Å². The third kappa shape index (κ3) is 5.36. The van der Waals surface area contributed by atoms with Gasteiger partial charge >= 0.3 is 0 Å². The highest BCUT2D eigenvalue weighted by Gasteiger charge is 2.11. The Labute approximate surface area is 122 Å². The van der Waals surface area contributed by atoms with Crippen molar-refractivity contribution in [1.29, 1.82) is 0 Å². The minimum absolute atomic E-state index is 0.0408. The molecule has 0 saturated carbocycles. The van der Waals surface area contributed by atoms with Gasteiger partial charge in [0.15, 0.2) is 0 Å². The van der Waals surface area contributed by atoms with Crippen LogP contribution in [0.15, 0.2) is 12.1 Å². The maximum atomic E-state index is 13.7. The Morgan fingerprint density at radius 1 is 1.25 bits per heavy atom. The summed E-state index contributed by atoms with van der Waals surface area (Å²) in [4.78, 5) is -0.0408. The highest BCUT2D eigenvalue weighted by atomic mass is 32.1. The molecule has 0 radical (unpaired) electrons. The normalized spacial score (nSPS) is 10.6. The van der Waals surface area contributed by atoms with Crippen LogP contribution in [0, 0.1) is 11.6 Å². The van der Waals surface area contributed by atoms with Gasteiger partial charge < -0.3 is 20.5 Å². The van der Waals surface area contributed by atoms with Gasteiger partial charge in [0.2, 0.25) is 0 Å². The SMILES string of the molecule is COCCOCCCNc1c(F)cc(C(N)=S)cc1F. The molecule has 0 heterocycles. The standard InChI is InChI=1S/C13H18F2N2O2S/c1-18-5-6-19-4-2-3-17-12-10(14)7-9(13(16)20)8-11(12)15/h7-8,17H,2-6H2,1H3,(H2,16,20). The van der Waals surface area contributed by atoms with Gasteiger partial charge in [0.25, 0.3) is 0 Å². The highest BCUT2D eigenvalue weighted by molar-refractivity contribution is 7.80. The van der Waals surface area contributed by atoms with Crippen LogP contribution in [-0.2, 0) is 9.47 Å². The number of thiocarbonyl (C=S) groups is 1. The highest BCUT2D eigenvalue weighted by Crippen LogP contribution is 2.20. The van der Waals surface area contributed by atoms with E-state index in [2.05, 4.69) is 17.5 Å². The molecule has 0 aliphatic rings. The third-order valence-electron chi connectivity index (χ3n) is 2.53. The average Bonchev–Trinajstić information content (AvgIpc) is 2.40. The fourth-order valence-corrected chi connectivity index (χ4v) is 1.63. The molecule has 0 fully saturated rings. The zero-order chi connectivity index (χ0) is 15.0. The van der Waals surface area contributed by atoms with Gasteiger partial charge in [0.05, 0.1) is 13.2 Å². The van der Waals surface area contributed by atoms with Gasteiger partial charge in [-0.1, -0.05) is 12.2 Å². The van der Waals surface area contributed by atoms with Crippen LogP contribution in [0.3, 0.4) is 0 Å². The Morgan fingerprint density at radius 2 is 1.90 bits per heavy atom. The van der Waals surface area contributed by atoms with Gasteiger partial charge in [-0.3, -0.25) is 0 Å². The van der Waals surface area contributed by atoms with E-state index in [1.807, 2.05) is 0 Å². The van der Waals surface area contributed by atoms with Crippen molar-refractivity contribution >= 4 is 22.9 Å². The average molecular weight is 304 g/mol. The van der Waals surface area contributed by atoms with E-state index < -0.39 is 11.6 Å². The number of halogens is 2. The summed E-state index contributed by atoms with van der Waals surface area (Å²) in [5.41, 5.74) is 5.32. The Bertz CT molecular complexity index is 435. The van der Waals surface area contributed by atoms with Crippen LogP contribution in [0.5, 0.6) is 0 Å². The molecule has 7 heteroatoms. The summed E-state index contributed by atoms with van der Waals surface area (Å²) in [6, 6.07) is 2.23. The second-order valence-electron chi connectivity index (χ2n) is 4.06. The molecule has 1 aromatic carbocycles. The molecule has 0 atom stereocenters. The molecule has 4 nitrogen and oxygen atoms in total. The van der Waals surface area contributed by atoms with Gasteiger partial charge in [-0.05, 0) is 18.6 Å². The van der Waals surface area contributed by atoms with Crippen molar-refractivity contribution in [1.82, 2.24) is 0 Å². The van der Waals surface area contributed by atoms with Gasteiger partial charge in [-0.15, -0.1) is 0 Å². The Kier molecular flexibility index (Phi) is 7.35. The lowest BCUT2D eigenvalue weighted by Crippen LogP contribution is -2.13. The molecule has 0 aromatic heterocycles. The summed E-state index contributed by atoms with van der Waals surface area (Å²) in [5.74, 6) is -1.43. The number of anilines is 1. The summed E-state index contributed by atoms with van der Waals surface area (Å²) in [6.45, 7) is 1.91. The molecular formula is C13H18F2N2O2S. The van der Waals surface area contributed by atoms with E-state index in [9.17, 15) is 8.78 Å². The number of hydrogen-bond acceptors (Lipinski definition) is 4. The number of hydrogen-bond donors (Lipinski definition) is 2. The Balaban J connectivity index is 2.42. The van der Waals surface area contributed by atoms with E-state index in [1.165, 1.54) is 0 Å². The van der Waals surface area contributed by atoms with Gasteiger partial charge in [-0.25, -0.2) is 8.78 Å². The van der Waals surface area contributed by atoms with E-state index in [1.54, 1.807) is 7.11 Å². The van der Waals surface area contributed by atoms with Crippen molar-refractivity contribution in [2.24, 2.45) is 5.73 Å². The summed E-state index contributed by atoms with van der Waals surface area (Å²) >= 11 is 4.68. The molecule has 1 aromatic rings. The summed E-state index contributed by atoms with van der Waals surface area (Å²) in [7, 11) is 1.59. The van der Waals surface area contributed by atoms with E-state index in [0.29, 0.717) is 32.8 Å². The third-order valence-corrected chi connectivity index (χ3v) is 2.76. The largest absolute Gasteiger partial charge is 0.389 e. The van der Waals surface area contributed by atoms with Crippen LogP contribution in [-0.4, -0.2) is 38.5 Å². The van der Waals surface area contributed by atoms with E-state index in [4.69, 9.17) is 15.2 Å². The zero-order valence-electron chi connectivity index (χ0n) is 11.2. The van der Waals surface area contributed by atoms with Crippen molar-refractivity contribution in [3.8, 4) is 0 Å². The van der Waals surface area contributed by atoms with E-state index in [0.717, 1.165) is 12.1 Å². The number of rotatable bonds is 9. The molecule has 0 saturated heterocycles. The summed E-state index contributed by atoms with van der Waals surface area (Å²) in [6.07, 6.45) is 0.625. The van der Waals surface area contributed by atoms with Crippen molar-refractivity contribution in [3.63, 3.8) is 0 Å². The first kappa shape index (κ1) is 16.7. The lowest BCUT2D eigenvalue weighted by Gasteiger charge is -2.10. The molecule has 112 valence electrons. The first-order valence-electron chi connectivity index (χ1n) is 6.15. The maximum Gasteiger partial charge on any atom is 0.150 e. The Morgan fingerprint density at radius 3 is 2.45 bits per heavy atom. The fraction of sp³-hybridized carbons (Fsp3) is 0.462. The lowest BCUT2D eigenvalue weighted by atomic mass is 10.2. The topological polar surface area (TPSA) is 56.5 Å². The van der Waals surface area contributed by atoms with Crippen LogP contribution in [0.1, 0.15) is 12.0 Å².